The van der Waals surface area contributed by atoms with Crippen LogP contribution in [-0.4, -0.2) is 66.2 Å². The van der Waals surface area contributed by atoms with Gasteiger partial charge in [-0.15, -0.1) is 0 Å². The quantitative estimate of drug-likeness (QED) is 0.776. The first-order valence-corrected chi connectivity index (χ1v) is 9.52. The molecule has 4 heterocycles. The number of rotatable bonds is 2. The molecule has 21 heavy (non-hydrogen) atoms. The van der Waals surface area contributed by atoms with Crippen LogP contribution in [0.1, 0.15) is 32.1 Å². The second-order valence-electron chi connectivity index (χ2n) is 7.04. The molecule has 0 N–H and O–H groups in total. The molecule has 1 spiro atoms. The highest BCUT2D eigenvalue weighted by Gasteiger charge is 2.45. The van der Waals surface area contributed by atoms with E-state index in [0.29, 0.717) is 11.8 Å². The average molecular weight is 311 g/mol. The number of morpholine rings is 1. The lowest BCUT2D eigenvalue weighted by molar-refractivity contribution is -0.151. The molecular formula is C16H25NO3S. The van der Waals surface area contributed by atoms with Crippen LogP contribution < -0.4 is 0 Å². The molecule has 0 radical (unpaired) electrons. The molecule has 0 saturated carbocycles. The largest absolute Gasteiger partial charge is 0.374 e. The van der Waals surface area contributed by atoms with Crippen molar-refractivity contribution in [1.29, 1.82) is 0 Å². The molecule has 4 fully saturated rings. The molecule has 4 nitrogen and oxygen atoms in total. The Balaban J connectivity index is 1.40. The highest BCUT2D eigenvalue weighted by molar-refractivity contribution is 7.99. The maximum Gasteiger partial charge on any atom is 0.166 e. The number of hydrogen-bond donors (Lipinski definition) is 0. The van der Waals surface area contributed by atoms with Gasteiger partial charge in [0.25, 0.3) is 0 Å². The molecule has 0 aromatic rings. The van der Waals surface area contributed by atoms with Gasteiger partial charge in [-0.3, -0.25) is 9.69 Å². The van der Waals surface area contributed by atoms with Crippen LogP contribution in [0.4, 0.5) is 0 Å². The summed E-state index contributed by atoms with van der Waals surface area (Å²) in [5, 5.41) is 0. The fraction of sp³-hybridized carbons (Fsp3) is 0.938. The van der Waals surface area contributed by atoms with Crippen molar-refractivity contribution in [1.82, 2.24) is 4.90 Å². The van der Waals surface area contributed by atoms with Gasteiger partial charge in [-0.05, 0) is 44.4 Å². The van der Waals surface area contributed by atoms with Crippen molar-refractivity contribution in [3.05, 3.63) is 0 Å². The first kappa shape index (κ1) is 14.5. The van der Waals surface area contributed by atoms with Gasteiger partial charge in [0.05, 0.1) is 12.2 Å². The van der Waals surface area contributed by atoms with E-state index in [1.54, 1.807) is 0 Å². The minimum absolute atomic E-state index is 0.00586. The van der Waals surface area contributed by atoms with Crippen LogP contribution in [0.15, 0.2) is 0 Å². The molecule has 118 valence electrons. The van der Waals surface area contributed by atoms with Crippen molar-refractivity contribution in [2.75, 3.05) is 37.8 Å². The van der Waals surface area contributed by atoms with Gasteiger partial charge >= 0.3 is 0 Å². The van der Waals surface area contributed by atoms with Gasteiger partial charge in [0, 0.05) is 30.9 Å². The first-order chi connectivity index (χ1) is 10.3. The molecule has 4 saturated heterocycles. The summed E-state index contributed by atoms with van der Waals surface area (Å²) in [5.41, 5.74) is -0.00586. The minimum Gasteiger partial charge on any atom is -0.374 e. The van der Waals surface area contributed by atoms with Crippen molar-refractivity contribution in [2.24, 2.45) is 5.92 Å². The van der Waals surface area contributed by atoms with E-state index < -0.39 is 0 Å². The fourth-order valence-corrected chi connectivity index (χ4v) is 5.76. The predicted molar refractivity (Wildman–Crippen MR) is 82.7 cm³/mol. The standard InChI is InChI=1S/C16H25NO3S/c18-15(14-9-17-5-1-2-13(17)10-19-14)12-3-6-20-16(8-12)4-7-21-11-16/h12-14H,1-11H2. The zero-order valence-electron chi connectivity index (χ0n) is 12.6. The highest BCUT2D eigenvalue weighted by Crippen LogP contribution is 2.41. The van der Waals surface area contributed by atoms with Gasteiger partial charge in [0.2, 0.25) is 0 Å². The molecule has 4 unspecified atom stereocenters. The molecule has 4 atom stereocenters. The lowest BCUT2D eigenvalue weighted by Gasteiger charge is -2.40. The number of nitrogens with zero attached hydrogens (tertiary/aromatic N) is 1. The smallest absolute Gasteiger partial charge is 0.166 e. The zero-order valence-corrected chi connectivity index (χ0v) is 13.4. The van der Waals surface area contributed by atoms with Crippen molar-refractivity contribution < 1.29 is 14.3 Å². The van der Waals surface area contributed by atoms with E-state index >= 15 is 0 Å². The number of ketones is 1. The van der Waals surface area contributed by atoms with Gasteiger partial charge in [-0.1, -0.05) is 0 Å². The van der Waals surface area contributed by atoms with Crippen molar-refractivity contribution in [3.8, 4) is 0 Å². The highest BCUT2D eigenvalue weighted by atomic mass is 32.2. The number of fused-ring (bicyclic) bond motifs is 1. The van der Waals surface area contributed by atoms with Gasteiger partial charge in [-0.2, -0.15) is 11.8 Å². The summed E-state index contributed by atoms with van der Waals surface area (Å²) in [6.07, 6.45) is 5.22. The van der Waals surface area contributed by atoms with Gasteiger partial charge < -0.3 is 9.47 Å². The van der Waals surface area contributed by atoms with E-state index in [1.807, 2.05) is 11.8 Å². The van der Waals surface area contributed by atoms with E-state index in [9.17, 15) is 4.79 Å². The number of carbonyl (C=O) groups excluding carboxylic acids is 1. The van der Waals surface area contributed by atoms with Crippen LogP contribution in [0.3, 0.4) is 0 Å². The van der Waals surface area contributed by atoms with Gasteiger partial charge in [0.1, 0.15) is 6.10 Å². The monoisotopic (exact) mass is 311 g/mol. The topological polar surface area (TPSA) is 38.8 Å². The van der Waals surface area contributed by atoms with Crippen LogP contribution in [0, 0.1) is 5.92 Å². The number of ether oxygens (including phenoxy) is 2. The predicted octanol–water partition coefficient (Wildman–Crippen LogP) is 1.72. The van der Waals surface area contributed by atoms with Crippen LogP contribution in [0.5, 0.6) is 0 Å². The van der Waals surface area contributed by atoms with Crippen molar-refractivity contribution in [2.45, 2.75) is 49.9 Å². The lowest BCUT2D eigenvalue weighted by Crippen LogP contribution is -2.52. The second kappa shape index (κ2) is 5.84. The van der Waals surface area contributed by atoms with Crippen molar-refractivity contribution in [3.63, 3.8) is 0 Å². The van der Waals surface area contributed by atoms with E-state index in [1.165, 1.54) is 18.6 Å². The summed E-state index contributed by atoms with van der Waals surface area (Å²) in [4.78, 5) is 15.3. The average Bonchev–Trinajstić information content (AvgIpc) is 3.15. The summed E-state index contributed by atoms with van der Waals surface area (Å²) in [5.74, 6) is 2.74. The van der Waals surface area contributed by atoms with Gasteiger partial charge in [-0.25, -0.2) is 0 Å². The zero-order chi connectivity index (χ0) is 14.3. The number of carbonyl (C=O) groups is 1. The summed E-state index contributed by atoms with van der Waals surface area (Å²) in [6, 6.07) is 0.571. The Hall–Kier alpha value is -0.100. The Morgan fingerprint density at radius 1 is 1.33 bits per heavy atom. The van der Waals surface area contributed by atoms with E-state index in [-0.39, 0.29) is 17.6 Å². The summed E-state index contributed by atoms with van der Waals surface area (Å²) in [6.45, 7) is 3.46. The first-order valence-electron chi connectivity index (χ1n) is 8.37. The van der Waals surface area contributed by atoms with Crippen LogP contribution in [-0.2, 0) is 14.3 Å². The molecule has 0 aliphatic carbocycles. The number of thioether (sulfide) groups is 1. The van der Waals surface area contributed by atoms with Crippen molar-refractivity contribution >= 4 is 17.5 Å². The molecule has 0 aromatic carbocycles. The van der Waals surface area contributed by atoms with E-state index in [4.69, 9.17) is 9.47 Å². The summed E-state index contributed by atoms with van der Waals surface area (Å²) in [7, 11) is 0. The maximum atomic E-state index is 12.9. The third-order valence-electron chi connectivity index (χ3n) is 5.67. The SMILES string of the molecule is O=C(C1CCOC2(CCSC2)C1)C1CN2CCCC2CO1. The molecule has 4 rings (SSSR count). The van der Waals surface area contributed by atoms with Gasteiger partial charge in [0.15, 0.2) is 5.78 Å². The molecule has 4 aliphatic rings. The third kappa shape index (κ3) is 2.78. The van der Waals surface area contributed by atoms with E-state index in [2.05, 4.69) is 4.90 Å². The molecule has 5 heteroatoms. The van der Waals surface area contributed by atoms with Crippen LogP contribution in [0.25, 0.3) is 0 Å². The molecule has 0 bridgehead atoms. The van der Waals surface area contributed by atoms with E-state index in [0.717, 1.165) is 51.3 Å². The number of hydrogen-bond acceptors (Lipinski definition) is 5. The Labute approximate surface area is 130 Å². The molecule has 4 aliphatic heterocycles. The lowest BCUT2D eigenvalue weighted by atomic mass is 9.81. The Bertz CT molecular complexity index is 410. The Morgan fingerprint density at radius 2 is 2.29 bits per heavy atom. The normalized spacial score (nSPS) is 44.1. The molecule has 0 amide bonds. The summed E-state index contributed by atoms with van der Waals surface area (Å²) < 4.78 is 12.0. The Morgan fingerprint density at radius 3 is 3.14 bits per heavy atom. The van der Waals surface area contributed by atoms with Crippen LogP contribution in [0.2, 0.25) is 0 Å². The molecular weight excluding hydrogens is 286 g/mol. The minimum atomic E-state index is -0.187. The second-order valence-corrected chi connectivity index (χ2v) is 8.14. The van der Waals surface area contributed by atoms with Crippen LogP contribution >= 0.6 is 11.8 Å². The number of Topliss-reactive ketones (excluding diaryl/α,β-unsaturated/α-hetero) is 1. The molecule has 0 aromatic heterocycles. The Kier molecular flexibility index (Phi) is 4.03. The maximum absolute atomic E-state index is 12.9. The fourth-order valence-electron chi connectivity index (χ4n) is 4.39. The third-order valence-corrected chi connectivity index (χ3v) is 6.89. The summed E-state index contributed by atoms with van der Waals surface area (Å²) >= 11 is 1.97.